The molecular weight excluding hydrogens is 235 g/mol. The Morgan fingerprint density at radius 2 is 2.00 bits per heavy atom. The van der Waals surface area contributed by atoms with E-state index in [4.69, 9.17) is 10.0 Å². The molecule has 0 aromatic carbocycles. The van der Waals surface area contributed by atoms with E-state index >= 15 is 0 Å². The van der Waals surface area contributed by atoms with Crippen LogP contribution in [0.1, 0.15) is 33.6 Å². The topological polar surface area (TPSA) is 89.9 Å². The standard InChI is InChI=1S/C11H21BN2O4/c1-11(2,3)10(16)13-7-9(15)14-6-4-5-8(14)12(17)18/h8,17-18H,4-7H2,1-3H3,(H,13,16)/t8-/m0/s1. The summed E-state index contributed by atoms with van der Waals surface area (Å²) in [6.07, 6.45) is 1.33. The highest BCUT2D eigenvalue weighted by molar-refractivity contribution is 6.43. The van der Waals surface area contributed by atoms with Crippen molar-refractivity contribution in [2.24, 2.45) is 5.41 Å². The molecule has 1 fully saturated rings. The lowest BCUT2D eigenvalue weighted by atomic mass is 9.78. The van der Waals surface area contributed by atoms with Gasteiger partial charge in [0, 0.05) is 12.0 Å². The van der Waals surface area contributed by atoms with Crippen LogP contribution in [-0.2, 0) is 9.59 Å². The molecule has 0 spiro atoms. The molecule has 1 atom stereocenters. The van der Waals surface area contributed by atoms with Gasteiger partial charge in [0.15, 0.2) is 0 Å². The molecule has 102 valence electrons. The Morgan fingerprint density at radius 3 is 2.50 bits per heavy atom. The normalized spacial score (nSPS) is 19.8. The van der Waals surface area contributed by atoms with E-state index in [9.17, 15) is 9.59 Å². The summed E-state index contributed by atoms with van der Waals surface area (Å²) in [6, 6.07) is 0. The van der Waals surface area contributed by atoms with Gasteiger partial charge in [-0.1, -0.05) is 20.8 Å². The molecular formula is C11H21BN2O4. The first-order valence-electron chi connectivity index (χ1n) is 6.17. The third kappa shape index (κ3) is 3.71. The van der Waals surface area contributed by atoms with Crippen LogP contribution in [0.25, 0.3) is 0 Å². The van der Waals surface area contributed by atoms with Gasteiger partial charge in [0.2, 0.25) is 11.8 Å². The molecule has 0 unspecified atom stereocenters. The highest BCUT2D eigenvalue weighted by Gasteiger charge is 2.36. The number of carbonyl (C=O) groups excluding carboxylic acids is 2. The Labute approximate surface area is 107 Å². The van der Waals surface area contributed by atoms with Crippen LogP contribution < -0.4 is 5.32 Å². The lowest BCUT2D eigenvalue weighted by Gasteiger charge is -2.25. The molecule has 0 bridgehead atoms. The van der Waals surface area contributed by atoms with Crippen LogP contribution in [0.5, 0.6) is 0 Å². The predicted octanol–water partition coefficient (Wildman–Crippen LogP) is -0.848. The van der Waals surface area contributed by atoms with E-state index < -0.39 is 18.5 Å². The minimum absolute atomic E-state index is 0.0979. The Hall–Kier alpha value is -1.08. The summed E-state index contributed by atoms with van der Waals surface area (Å²) in [5.74, 6) is -1.02. The van der Waals surface area contributed by atoms with Crippen molar-refractivity contribution in [3.63, 3.8) is 0 Å². The minimum Gasteiger partial charge on any atom is -0.426 e. The summed E-state index contributed by atoms with van der Waals surface area (Å²) in [6.45, 7) is 5.71. The van der Waals surface area contributed by atoms with Crippen LogP contribution in [0.15, 0.2) is 0 Å². The van der Waals surface area contributed by atoms with Crippen LogP contribution in [0.2, 0.25) is 0 Å². The van der Waals surface area contributed by atoms with Gasteiger partial charge in [-0.25, -0.2) is 0 Å². The van der Waals surface area contributed by atoms with Crippen molar-refractivity contribution in [3.05, 3.63) is 0 Å². The molecule has 0 aromatic heterocycles. The van der Waals surface area contributed by atoms with Crippen LogP contribution in [-0.4, -0.2) is 52.9 Å². The Balaban J connectivity index is 2.49. The van der Waals surface area contributed by atoms with E-state index in [1.54, 1.807) is 20.8 Å². The van der Waals surface area contributed by atoms with Gasteiger partial charge in [0.1, 0.15) is 0 Å². The van der Waals surface area contributed by atoms with Gasteiger partial charge in [-0.2, -0.15) is 0 Å². The summed E-state index contributed by atoms with van der Waals surface area (Å²) < 4.78 is 0. The Bertz CT molecular complexity index is 327. The molecule has 18 heavy (non-hydrogen) atoms. The molecule has 6 nitrogen and oxygen atoms in total. The summed E-state index contributed by atoms with van der Waals surface area (Å²) >= 11 is 0. The molecule has 0 aliphatic carbocycles. The van der Waals surface area contributed by atoms with E-state index in [-0.39, 0.29) is 18.4 Å². The van der Waals surface area contributed by atoms with Crippen molar-refractivity contribution in [1.29, 1.82) is 0 Å². The van der Waals surface area contributed by atoms with E-state index in [0.717, 1.165) is 6.42 Å². The molecule has 1 aliphatic heterocycles. The summed E-state index contributed by atoms with van der Waals surface area (Å²) in [7, 11) is -1.52. The predicted molar refractivity (Wildman–Crippen MR) is 67.4 cm³/mol. The SMILES string of the molecule is CC(C)(C)C(=O)NCC(=O)N1CCC[C@H]1B(O)O. The van der Waals surface area contributed by atoms with Crippen molar-refractivity contribution in [1.82, 2.24) is 10.2 Å². The average molecular weight is 256 g/mol. The second-order valence-electron chi connectivity index (χ2n) is 5.64. The molecule has 3 N–H and O–H groups in total. The molecule has 0 saturated carbocycles. The van der Waals surface area contributed by atoms with E-state index in [2.05, 4.69) is 5.32 Å². The van der Waals surface area contributed by atoms with Crippen LogP contribution in [0.3, 0.4) is 0 Å². The highest BCUT2D eigenvalue weighted by atomic mass is 16.4. The third-order valence-corrected chi connectivity index (χ3v) is 3.05. The summed E-state index contributed by atoms with van der Waals surface area (Å²) in [4.78, 5) is 24.9. The number of nitrogens with zero attached hydrogens (tertiary/aromatic N) is 1. The maximum Gasteiger partial charge on any atom is 0.475 e. The average Bonchev–Trinajstić information content (AvgIpc) is 2.72. The fourth-order valence-electron chi connectivity index (χ4n) is 1.93. The van der Waals surface area contributed by atoms with Gasteiger partial charge in [-0.05, 0) is 12.8 Å². The lowest BCUT2D eigenvalue weighted by molar-refractivity contribution is -0.135. The van der Waals surface area contributed by atoms with Gasteiger partial charge < -0.3 is 20.3 Å². The first-order chi connectivity index (χ1) is 8.23. The molecule has 1 heterocycles. The van der Waals surface area contributed by atoms with Gasteiger partial charge >= 0.3 is 7.12 Å². The Morgan fingerprint density at radius 1 is 1.39 bits per heavy atom. The molecule has 0 aromatic rings. The minimum atomic E-state index is -1.52. The molecule has 1 saturated heterocycles. The Kier molecular flexibility index (Phi) is 4.75. The maximum absolute atomic E-state index is 11.9. The summed E-state index contributed by atoms with van der Waals surface area (Å²) in [5.41, 5.74) is -0.540. The smallest absolute Gasteiger partial charge is 0.426 e. The van der Waals surface area contributed by atoms with Crippen LogP contribution >= 0.6 is 0 Å². The second-order valence-corrected chi connectivity index (χ2v) is 5.64. The number of hydrogen-bond acceptors (Lipinski definition) is 4. The van der Waals surface area contributed by atoms with Gasteiger partial charge in [-0.15, -0.1) is 0 Å². The lowest BCUT2D eigenvalue weighted by Crippen LogP contribution is -2.49. The van der Waals surface area contributed by atoms with E-state index in [1.165, 1.54) is 4.90 Å². The number of hydrogen-bond donors (Lipinski definition) is 3. The van der Waals surface area contributed by atoms with Crippen molar-refractivity contribution in [2.45, 2.75) is 39.6 Å². The first-order valence-corrected chi connectivity index (χ1v) is 6.17. The fraction of sp³-hybridized carbons (Fsp3) is 0.818. The van der Waals surface area contributed by atoms with Crippen molar-refractivity contribution in [3.8, 4) is 0 Å². The summed E-state index contributed by atoms with van der Waals surface area (Å²) in [5, 5.41) is 20.9. The molecule has 0 radical (unpaired) electrons. The number of carbonyl (C=O) groups is 2. The van der Waals surface area contributed by atoms with Crippen molar-refractivity contribution >= 4 is 18.9 Å². The number of amides is 2. The zero-order chi connectivity index (χ0) is 13.9. The van der Waals surface area contributed by atoms with Crippen molar-refractivity contribution in [2.75, 3.05) is 13.1 Å². The van der Waals surface area contributed by atoms with Crippen LogP contribution in [0, 0.1) is 5.41 Å². The quantitative estimate of drug-likeness (QED) is 0.574. The molecule has 1 aliphatic rings. The number of likely N-dealkylation sites (tertiary alicyclic amines) is 1. The maximum atomic E-state index is 11.9. The van der Waals surface area contributed by atoms with Gasteiger partial charge in [-0.3, -0.25) is 9.59 Å². The van der Waals surface area contributed by atoms with Crippen molar-refractivity contribution < 1.29 is 19.6 Å². The number of rotatable bonds is 3. The van der Waals surface area contributed by atoms with E-state index in [1.807, 2.05) is 0 Å². The second kappa shape index (κ2) is 5.71. The van der Waals surface area contributed by atoms with Gasteiger partial charge in [0.05, 0.1) is 12.5 Å². The van der Waals surface area contributed by atoms with E-state index in [0.29, 0.717) is 13.0 Å². The third-order valence-electron chi connectivity index (χ3n) is 3.05. The highest BCUT2D eigenvalue weighted by Crippen LogP contribution is 2.18. The number of nitrogens with one attached hydrogen (secondary N) is 1. The molecule has 1 rings (SSSR count). The monoisotopic (exact) mass is 256 g/mol. The fourth-order valence-corrected chi connectivity index (χ4v) is 1.93. The molecule has 2 amide bonds. The zero-order valence-electron chi connectivity index (χ0n) is 11.1. The largest absolute Gasteiger partial charge is 0.475 e. The van der Waals surface area contributed by atoms with Crippen LogP contribution in [0.4, 0.5) is 0 Å². The first kappa shape index (κ1) is 15.0. The molecule has 7 heteroatoms. The van der Waals surface area contributed by atoms with Gasteiger partial charge in [0.25, 0.3) is 0 Å². The zero-order valence-corrected chi connectivity index (χ0v) is 11.1.